The lowest BCUT2D eigenvalue weighted by atomic mass is 9.92. The molecule has 2 saturated heterocycles. The van der Waals surface area contributed by atoms with Crippen LogP contribution in [0.2, 0.25) is 0 Å². The Labute approximate surface area is 101 Å². The molecule has 2 heterocycles. The van der Waals surface area contributed by atoms with Gasteiger partial charge in [0.25, 0.3) is 0 Å². The first kappa shape index (κ1) is 12.4. The van der Waals surface area contributed by atoms with Crippen molar-refractivity contribution >= 4 is 0 Å². The fourth-order valence-corrected chi connectivity index (χ4v) is 3.45. The highest BCUT2D eigenvalue weighted by Gasteiger charge is 2.35. The molecule has 0 radical (unpaired) electrons. The average Bonchev–Trinajstić information content (AvgIpc) is 2.28. The van der Waals surface area contributed by atoms with E-state index >= 15 is 0 Å². The highest BCUT2D eigenvalue weighted by atomic mass is 15.3. The summed E-state index contributed by atoms with van der Waals surface area (Å²) in [5.41, 5.74) is 0. The minimum absolute atomic E-state index is 0.800. The van der Waals surface area contributed by atoms with Crippen molar-refractivity contribution in [2.24, 2.45) is 5.92 Å². The molecule has 16 heavy (non-hydrogen) atoms. The van der Waals surface area contributed by atoms with Crippen molar-refractivity contribution in [3.63, 3.8) is 0 Å². The summed E-state index contributed by atoms with van der Waals surface area (Å²) in [4.78, 5) is 5.53. The summed E-state index contributed by atoms with van der Waals surface area (Å²) in [7, 11) is 0. The number of piperazine rings is 1. The summed E-state index contributed by atoms with van der Waals surface area (Å²) >= 11 is 0. The van der Waals surface area contributed by atoms with Crippen LogP contribution in [0.4, 0.5) is 0 Å². The summed E-state index contributed by atoms with van der Waals surface area (Å²) in [6.07, 6.45) is 5.61. The second kappa shape index (κ2) is 5.50. The highest BCUT2D eigenvalue weighted by Crippen LogP contribution is 2.26. The zero-order chi connectivity index (χ0) is 11.5. The molecule has 2 fully saturated rings. The van der Waals surface area contributed by atoms with Crippen LogP contribution in [0.15, 0.2) is 0 Å². The Balaban J connectivity index is 2.00. The van der Waals surface area contributed by atoms with Crippen LogP contribution in [-0.2, 0) is 0 Å². The van der Waals surface area contributed by atoms with Gasteiger partial charge in [0, 0.05) is 25.2 Å². The Kier molecular flexibility index (Phi) is 4.26. The molecule has 0 saturated carbocycles. The molecular weight excluding hydrogens is 196 g/mol. The summed E-state index contributed by atoms with van der Waals surface area (Å²) in [6.45, 7) is 12.4. The molecule has 2 nitrogen and oxygen atoms in total. The van der Waals surface area contributed by atoms with Crippen molar-refractivity contribution in [1.29, 1.82) is 0 Å². The molecule has 2 rings (SSSR count). The molecule has 2 atom stereocenters. The van der Waals surface area contributed by atoms with Crippen LogP contribution >= 0.6 is 0 Å². The van der Waals surface area contributed by atoms with Crippen LogP contribution in [0, 0.1) is 5.92 Å². The maximum absolute atomic E-state index is 2.76. The van der Waals surface area contributed by atoms with E-state index in [0.717, 1.165) is 18.0 Å². The molecule has 0 spiro atoms. The fraction of sp³-hybridized carbons (Fsp3) is 1.00. The number of hydrogen-bond acceptors (Lipinski definition) is 2. The van der Waals surface area contributed by atoms with E-state index < -0.39 is 0 Å². The van der Waals surface area contributed by atoms with Gasteiger partial charge in [-0.2, -0.15) is 0 Å². The van der Waals surface area contributed by atoms with Gasteiger partial charge in [-0.25, -0.2) is 0 Å². The van der Waals surface area contributed by atoms with Crippen molar-refractivity contribution in [2.75, 3.05) is 26.2 Å². The standard InChI is InChI=1S/C14H28N2/c1-4-8-16-10-13-7-5-6-9-15(13)11-14(16)12(2)3/h12-14H,4-11H2,1-3H3. The zero-order valence-electron chi connectivity index (χ0n) is 11.3. The first-order valence-corrected chi connectivity index (χ1v) is 7.20. The summed E-state index contributed by atoms with van der Waals surface area (Å²) < 4.78 is 0. The summed E-state index contributed by atoms with van der Waals surface area (Å²) in [5, 5.41) is 0. The highest BCUT2D eigenvalue weighted by molar-refractivity contribution is 4.91. The minimum Gasteiger partial charge on any atom is -0.298 e. The first-order chi connectivity index (χ1) is 7.72. The minimum atomic E-state index is 0.800. The van der Waals surface area contributed by atoms with Gasteiger partial charge >= 0.3 is 0 Å². The predicted octanol–water partition coefficient (Wildman–Crippen LogP) is 2.59. The maximum Gasteiger partial charge on any atom is 0.0246 e. The second-order valence-corrected chi connectivity index (χ2v) is 5.95. The lowest BCUT2D eigenvalue weighted by Crippen LogP contribution is -2.60. The topological polar surface area (TPSA) is 6.48 Å². The van der Waals surface area contributed by atoms with Gasteiger partial charge in [0.15, 0.2) is 0 Å². The van der Waals surface area contributed by atoms with E-state index in [1.54, 1.807) is 0 Å². The maximum atomic E-state index is 2.76. The van der Waals surface area contributed by atoms with E-state index in [-0.39, 0.29) is 0 Å². The number of piperidine rings is 1. The van der Waals surface area contributed by atoms with Crippen LogP contribution in [0.1, 0.15) is 46.5 Å². The number of nitrogens with zero attached hydrogens (tertiary/aromatic N) is 2. The molecule has 0 aliphatic carbocycles. The summed E-state index contributed by atoms with van der Waals surface area (Å²) in [5.74, 6) is 0.800. The van der Waals surface area contributed by atoms with Crippen LogP contribution in [0.5, 0.6) is 0 Å². The lowest BCUT2D eigenvalue weighted by molar-refractivity contribution is -0.00721. The molecule has 0 aromatic rings. The molecule has 2 aliphatic heterocycles. The molecule has 2 heteroatoms. The SMILES string of the molecule is CCCN1CC2CCCCN2CC1C(C)C. The quantitative estimate of drug-likeness (QED) is 0.727. The average molecular weight is 224 g/mol. The molecule has 2 aliphatic rings. The van der Waals surface area contributed by atoms with Crippen molar-refractivity contribution in [3.8, 4) is 0 Å². The third-order valence-corrected chi connectivity index (χ3v) is 4.37. The smallest absolute Gasteiger partial charge is 0.0246 e. The van der Waals surface area contributed by atoms with Crippen LogP contribution in [0.25, 0.3) is 0 Å². The van der Waals surface area contributed by atoms with Crippen LogP contribution < -0.4 is 0 Å². The van der Waals surface area contributed by atoms with Gasteiger partial charge in [0.2, 0.25) is 0 Å². The van der Waals surface area contributed by atoms with E-state index in [0.29, 0.717) is 0 Å². The lowest BCUT2D eigenvalue weighted by Gasteiger charge is -2.49. The van der Waals surface area contributed by atoms with E-state index in [1.807, 2.05) is 0 Å². The van der Waals surface area contributed by atoms with Gasteiger partial charge in [-0.05, 0) is 38.3 Å². The predicted molar refractivity (Wildman–Crippen MR) is 69.7 cm³/mol. The van der Waals surface area contributed by atoms with Gasteiger partial charge in [-0.1, -0.05) is 27.2 Å². The Morgan fingerprint density at radius 2 is 2.00 bits per heavy atom. The molecule has 2 unspecified atom stereocenters. The Hall–Kier alpha value is -0.0800. The van der Waals surface area contributed by atoms with Crippen LogP contribution in [-0.4, -0.2) is 48.1 Å². The van der Waals surface area contributed by atoms with E-state index in [1.165, 1.54) is 51.9 Å². The van der Waals surface area contributed by atoms with Gasteiger partial charge in [0.1, 0.15) is 0 Å². The van der Waals surface area contributed by atoms with Crippen molar-refractivity contribution in [1.82, 2.24) is 9.80 Å². The first-order valence-electron chi connectivity index (χ1n) is 7.20. The monoisotopic (exact) mass is 224 g/mol. The number of hydrogen-bond donors (Lipinski definition) is 0. The Bertz CT molecular complexity index is 215. The van der Waals surface area contributed by atoms with Crippen LogP contribution in [0.3, 0.4) is 0 Å². The van der Waals surface area contributed by atoms with Crippen molar-refractivity contribution in [3.05, 3.63) is 0 Å². The Morgan fingerprint density at radius 3 is 2.69 bits per heavy atom. The van der Waals surface area contributed by atoms with Gasteiger partial charge in [0.05, 0.1) is 0 Å². The Morgan fingerprint density at radius 1 is 1.19 bits per heavy atom. The van der Waals surface area contributed by atoms with Gasteiger partial charge < -0.3 is 0 Å². The van der Waals surface area contributed by atoms with E-state index in [4.69, 9.17) is 0 Å². The molecule has 0 amide bonds. The normalized spacial score (nSPS) is 33.0. The molecule has 0 bridgehead atoms. The van der Waals surface area contributed by atoms with Gasteiger partial charge in [-0.15, -0.1) is 0 Å². The largest absolute Gasteiger partial charge is 0.298 e. The van der Waals surface area contributed by atoms with Crippen molar-refractivity contribution < 1.29 is 0 Å². The third-order valence-electron chi connectivity index (χ3n) is 4.37. The zero-order valence-corrected chi connectivity index (χ0v) is 11.3. The number of fused-ring (bicyclic) bond motifs is 1. The van der Waals surface area contributed by atoms with E-state index in [2.05, 4.69) is 30.6 Å². The van der Waals surface area contributed by atoms with E-state index in [9.17, 15) is 0 Å². The summed E-state index contributed by atoms with van der Waals surface area (Å²) in [6, 6.07) is 1.67. The third kappa shape index (κ3) is 2.60. The molecular formula is C14H28N2. The molecule has 0 aromatic heterocycles. The van der Waals surface area contributed by atoms with Crippen molar-refractivity contribution in [2.45, 2.75) is 58.5 Å². The fourth-order valence-electron chi connectivity index (χ4n) is 3.45. The second-order valence-electron chi connectivity index (χ2n) is 5.95. The molecule has 94 valence electrons. The molecule has 0 N–H and O–H groups in total. The van der Waals surface area contributed by atoms with Gasteiger partial charge in [-0.3, -0.25) is 9.80 Å². The molecule has 0 aromatic carbocycles. The number of rotatable bonds is 3.